The van der Waals surface area contributed by atoms with E-state index in [2.05, 4.69) is 10.3 Å². The Labute approximate surface area is 151 Å². The minimum atomic E-state index is -0.0125. The summed E-state index contributed by atoms with van der Waals surface area (Å²) in [6, 6.07) is 2.25. The lowest BCUT2D eigenvalue weighted by Gasteiger charge is -2.15. The lowest BCUT2D eigenvalue weighted by atomic mass is 10.1. The number of hydrogen-bond acceptors (Lipinski definition) is 5. The van der Waals surface area contributed by atoms with E-state index < -0.39 is 0 Å². The van der Waals surface area contributed by atoms with Gasteiger partial charge in [0.2, 0.25) is 5.91 Å². The number of thiazole rings is 1. The van der Waals surface area contributed by atoms with E-state index >= 15 is 0 Å². The summed E-state index contributed by atoms with van der Waals surface area (Å²) in [5, 5.41) is 5.82. The number of nitrogens with one attached hydrogen (secondary N) is 1. The molecule has 134 valence electrons. The average molecular weight is 360 g/mol. The van der Waals surface area contributed by atoms with E-state index in [9.17, 15) is 9.59 Å². The summed E-state index contributed by atoms with van der Waals surface area (Å²) >= 11 is 1.57. The molecule has 1 fully saturated rings. The van der Waals surface area contributed by atoms with E-state index in [1.165, 1.54) is 0 Å². The first kappa shape index (κ1) is 17.8. The van der Waals surface area contributed by atoms with Crippen molar-refractivity contribution < 1.29 is 9.59 Å². The molecule has 1 aliphatic rings. The minimum absolute atomic E-state index is 0.0125. The molecule has 1 amide bonds. The van der Waals surface area contributed by atoms with Gasteiger partial charge in [0.25, 0.3) is 0 Å². The van der Waals surface area contributed by atoms with Gasteiger partial charge in [-0.05, 0) is 46.7 Å². The van der Waals surface area contributed by atoms with Crippen molar-refractivity contribution in [1.29, 1.82) is 0 Å². The van der Waals surface area contributed by atoms with Gasteiger partial charge in [0.05, 0.1) is 18.8 Å². The maximum atomic E-state index is 12.7. The van der Waals surface area contributed by atoms with E-state index in [-0.39, 0.29) is 24.8 Å². The van der Waals surface area contributed by atoms with Crippen LogP contribution in [-0.4, -0.2) is 52.3 Å². The number of carbonyl (C=O) groups excluding carboxylic acids is 2. The summed E-state index contributed by atoms with van der Waals surface area (Å²) in [6.07, 6.45) is 2.13. The van der Waals surface area contributed by atoms with Crippen LogP contribution in [0, 0.1) is 20.8 Å². The molecule has 25 heavy (non-hydrogen) atoms. The number of nitrogens with zero attached hydrogens (tertiary/aromatic N) is 3. The van der Waals surface area contributed by atoms with Crippen molar-refractivity contribution in [2.75, 3.05) is 20.1 Å². The second-order valence-electron chi connectivity index (χ2n) is 6.83. The van der Waals surface area contributed by atoms with Crippen molar-refractivity contribution in [3.8, 4) is 5.13 Å². The number of ketones is 1. The molecule has 0 aromatic carbocycles. The lowest BCUT2D eigenvalue weighted by molar-refractivity contribution is -0.121. The second-order valence-corrected chi connectivity index (χ2v) is 7.67. The van der Waals surface area contributed by atoms with Gasteiger partial charge in [-0.1, -0.05) is 0 Å². The van der Waals surface area contributed by atoms with E-state index in [4.69, 9.17) is 0 Å². The largest absolute Gasteiger partial charge is 0.352 e. The van der Waals surface area contributed by atoms with Crippen LogP contribution in [0.5, 0.6) is 0 Å². The molecular weight excluding hydrogens is 336 g/mol. The highest BCUT2D eigenvalue weighted by Gasteiger charge is 2.24. The van der Waals surface area contributed by atoms with Crippen LogP contribution in [0.15, 0.2) is 11.4 Å². The maximum Gasteiger partial charge on any atom is 0.234 e. The normalized spacial score (nSPS) is 14.1. The van der Waals surface area contributed by atoms with Crippen molar-refractivity contribution in [2.24, 2.45) is 0 Å². The van der Waals surface area contributed by atoms with Crippen LogP contribution in [0.2, 0.25) is 0 Å². The van der Waals surface area contributed by atoms with Gasteiger partial charge in [0.15, 0.2) is 10.9 Å². The van der Waals surface area contributed by atoms with Gasteiger partial charge in [-0.3, -0.25) is 19.1 Å². The molecule has 0 spiro atoms. The molecule has 1 aliphatic carbocycles. The second kappa shape index (κ2) is 7.09. The lowest BCUT2D eigenvalue weighted by Crippen LogP contribution is -2.38. The smallest absolute Gasteiger partial charge is 0.234 e. The summed E-state index contributed by atoms with van der Waals surface area (Å²) in [5.74, 6) is 0.0101. The van der Waals surface area contributed by atoms with Crippen molar-refractivity contribution in [3.63, 3.8) is 0 Å². The minimum Gasteiger partial charge on any atom is -0.352 e. The molecule has 0 atom stereocenters. The summed E-state index contributed by atoms with van der Waals surface area (Å²) in [7, 11) is 1.80. The summed E-state index contributed by atoms with van der Waals surface area (Å²) in [5.41, 5.74) is 3.55. The Bertz CT molecular complexity index is 804. The van der Waals surface area contributed by atoms with Crippen LogP contribution in [0.3, 0.4) is 0 Å². The molecule has 0 unspecified atom stereocenters. The van der Waals surface area contributed by atoms with Crippen molar-refractivity contribution in [1.82, 2.24) is 19.8 Å². The first-order chi connectivity index (χ1) is 11.8. The quantitative estimate of drug-likeness (QED) is 0.769. The molecular formula is C18H24N4O2S. The Morgan fingerprint density at radius 2 is 2.04 bits per heavy atom. The van der Waals surface area contributed by atoms with E-state index in [1.807, 2.05) is 36.8 Å². The van der Waals surface area contributed by atoms with Gasteiger partial charge in [-0.2, -0.15) is 0 Å². The Balaban J connectivity index is 1.68. The predicted molar refractivity (Wildman–Crippen MR) is 98.6 cm³/mol. The van der Waals surface area contributed by atoms with Gasteiger partial charge in [-0.25, -0.2) is 4.98 Å². The third kappa shape index (κ3) is 4.16. The Hall–Kier alpha value is -1.99. The third-order valence-electron chi connectivity index (χ3n) is 4.30. The van der Waals surface area contributed by atoms with E-state index in [1.54, 1.807) is 23.3 Å². The summed E-state index contributed by atoms with van der Waals surface area (Å²) in [4.78, 5) is 30.8. The Morgan fingerprint density at radius 1 is 1.32 bits per heavy atom. The number of aromatic nitrogens is 2. The molecule has 2 aromatic heterocycles. The number of Topliss-reactive ketones (excluding diaryl/α,β-unsaturated/α-hetero) is 1. The zero-order valence-corrected chi connectivity index (χ0v) is 15.9. The van der Waals surface area contributed by atoms with Gasteiger partial charge in [-0.15, -0.1) is 11.3 Å². The monoisotopic (exact) mass is 360 g/mol. The SMILES string of the molecule is Cc1csc(-n2c(C)cc(C(=O)CN(C)CC(=O)NC3CC3)c2C)n1. The molecule has 3 rings (SSSR count). The molecule has 0 bridgehead atoms. The number of carbonyl (C=O) groups is 2. The highest BCUT2D eigenvalue weighted by Crippen LogP contribution is 2.24. The molecule has 0 aliphatic heterocycles. The van der Waals surface area contributed by atoms with Crippen molar-refractivity contribution >= 4 is 23.0 Å². The summed E-state index contributed by atoms with van der Waals surface area (Å²) < 4.78 is 2.02. The molecule has 6 nitrogen and oxygen atoms in total. The zero-order chi connectivity index (χ0) is 18.1. The van der Waals surface area contributed by atoms with Crippen LogP contribution in [0.25, 0.3) is 5.13 Å². The van der Waals surface area contributed by atoms with Gasteiger partial charge >= 0.3 is 0 Å². The molecule has 0 saturated heterocycles. The molecule has 1 N–H and O–H groups in total. The van der Waals surface area contributed by atoms with Crippen molar-refractivity contribution in [3.05, 3.63) is 34.1 Å². The van der Waals surface area contributed by atoms with Crippen LogP contribution < -0.4 is 5.32 Å². The first-order valence-corrected chi connectivity index (χ1v) is 9.35. The van der Waals surface area contributed by atoms with Gasteiger partial charge in [0, 0.05) is 28.4 Å². The van der Waals surface area contributed by atoms with Crippen LogP contribution in [0.4, 0.5) is 0 Å². The summed E-state index contributed by atoms with van der Waals surface area (Å²) in [6.45, 7) is 6.35. The number of hydrogen-bond donors (Lipinski definition) is 1. The van der Waals surface area contributed by atoms with Crippen LogP contribution in [-0.2, 0) is 4.79 Å². The Kier molecular flexibility index (Phi) is 5.06. The molecule has 7 heteroatoms. The topological polar surface area (TPSA) is 67.2 Å². The molecule has 1 saturated carbocycles. The average Bonchev–Trinajstić information content (AvgIpc) is 3.14. The van der Waals surface area contributed by atoms with E-state index in [0.29, 0.717) is 11.6 Å². The number of rotatable bonds is 7. The highest BCUT2D eigenvalue weighted by molar-refractivity contribution is 7.12. The number of aryl methyl sites for hydroxylation is 2. The molecule has 2 heterocycles. The van der Waals surface area contributed by atoms with Crippen molar-refractivity contribution in [2.45, 2.75) is 39.7 Å². The fourth-order valence-electron chi connectivity index (χ4n) is 2.92. The Morgan fingerprint density at radius 3 is 2.64 bits per heavy atom. The highest BCUT2D eigenvalue weighted by atomic mass is 32.1. The van der Waals surface area contributed by atoms with Gasteiger partial charge < -0.3 is 5.32 Å². The fraction of sp³-hybridized carbons (Fsp3) is 0.500. The first-order valence-electron chi connectivity index (χ1n) is 8.47. The predicted octanol–water partition coefficient (Wildman–Crippen LogP) is 2.25. The van der Waals surface area contributed by atoms with Gasteiger partial charge in [0.1, 0.15) is 0 Å². The maximum absolute atomic E-state index is 12.7. The van der Waals surface area contributed by atoms with E-state index in [0.717, 1.165) is 35.1 Å². The fourth-order valence-corrected chi connectivity index (χ4v) is 3.83. The number of amides is 1. The molecule has 2 aromatic rings. The molecule has 0 radical (unpaired) electrons. The number of likely N-dealkylation sites (N-methyl/N-ethyl adjacent to an activating group) is 1. The third-order valence-corrected chi connectivity index (χ3v) is 5.24. The zero-order valence-electron chi connectivity index (χ0n) is 15.1. The van der Waals surface area contributed by atoms with Crippen LogP contribution >= 0.6 is 11.3 Å². The standard InChI is InChI=1S/C18H24N4O2S/c1-11-10-25-18(19-11)22-12(2)7-15(13(22)3)16(23)8-21(4)9-17(24)20-14-5-6-14/h7,10,14H,5-6,8-9H2,1-4H3,(H,20,24). The van der Waals surface area contributed by atoms with Crippen LogP contribution in [0.1, 0.15) is 40.3 Å².